The van der Waals surface area contributed by atoms with Crippen molar-refractivity contribution in [3.05, 3.63) is 105 Å². The molecule has 4 rings (SSSR count). The van der Waals surface area contributed by atoms with E-state index in [9.17, 15) is 14.9 Å². The van der Waals surface area contributed by atoms with E-state index in [1.165, 1.54) is 24.3 Å². The molecule has 0 saturated heterocycles. The molecule has 0 aliphatic carbocycles. The van der Waals surface area contributed by atoms with Crippen molar-refractivity contribution >= 4 is 34.6 Å². The summed E-state index contributed by atoms with van der Waals surface area (Å²) >= 11 is 6.07. The van der Waals surface area contributed by atoms with Crippen molar-refractivity contribution < 1.29 is 18.7 Å². The van der Waals surface area contributed by atoms with Crippen LogP contribution >= 0.6 is 11.6 Å². The minimum absolute atomic E-state index is 0.0343. The summed E-state index contributed by atoms with van der Waals surface area (Å²) in [5.74, 6) is -0.412. The summed E-state index contributed by atoms with van der Waals surface area (Å²) in [5.41, 5.74) is 0.306. The van der Waals surface area contributed by atoms with E-state index in [-0.39, 0.29) is 28.0 Å². The van der Waals surface area contributed by atoms with E-state index in [1.54, 1.807) is 48.5 Å². The molecule has 0 amide bonds. The van der Waals surface area contributed by atoms with Gasteiger partial charge < -0.3 is 13.9 Å². The molecule has 3 aromatic carbocycles. The summed E-state index contributed by atoms with van der Waals surface area (Å²) in [6.07, 6.45) is 2.59. The number of hydrogen-bond donors (Lipinski definition) is 0. The van der Waals surface area contributed by atoms with Crippen LogP contribution in [0.15, 0.2) is 93.8 Å². The number of nitriles is 1. The van der Waals surface area contributed by atoms with Gasteiger partial charge in [-0.05, 0) is 35.9 Å². The quantitative estimate of drug-likeness (QED) is 0.169. The Morgan fingerprint density at radius 2 is 1.75 bits per heavy atom. The number of esters is 1. The second-order valence-electron chi connectivity index (χ2n) is 6.59. The van der Waals surface area contributed by atoms with Gasteiger partial charge in [0, 0.05) is 6.07 Å². The van der Waals surface area contributed by atoms with Crippen molar-refractivity contribution in [2.45, 2.75) is 0 Å². The van der Waals surface area contributed by atoms with Crippen LogP contribution in [0.25, 0.3) is 17.0 Å². The molecule has 0 bridgehead atoms. The normalized spacial score (nSPS) is 11.1. The van der Waals surface area contributed by atoms with Crippen molar-refractivity contribution in [1.82, 2.24) is 0 Å². The molecule has 0 atom stereocenters. The highest BCUT2D eigenvalue weighted by atomic mass is 35.5. The first-order chi connectivity index (χ1) is 15.5. The van der Waals surface area contributed by atoms with Gasteiger partial charge in [0.25, 0.3) is 0 Å². The third-order valence-corrected chi connectivity index (χ3v) is 4.74. The van der Waals surface area contributed by atoms with E-state index in [0.29, 0.717) is 16.3 Å². The summed E-state index contributed by atoms with van der Waals surface area (Å²) < 4.78 is 16.4. The third-order valence-electron chi connectivity index (χ3n) is 4.43. The summed E-state index contributed by atoms with van der Waals surface area (Å²) in [6, 6.07) is 21.8. The highest BCUT2D eigenvalue weighted by molar-refractivity contribution is 6.32. The van der Waals surface area contributed by atoms with Crippen molar-refractivity contribution in [2.24, 2.45) is 0 Å². The number of fused-ring (bicyclic) bond motifs is 1. The molecule has 6 nitrogen and oxygen atoms in total. The lowest BCUT2D eigenvalue weighted by atomic mass is 10.1. The molecule has 0 radical (unpaired) electrons. The summed E-state index contributed by atoms with van der Waals surface area (Å²) in [4.78, 5) is 25.1. The summed E-state index contributed by atoms with van der Waals surface area (Å²) in [7, 11) is 0. The number of halogens is 1. The minimum atomic E-state index is -0.822. The van der Waals surface area contributed by atoms with Crippen molar-refractivity contribution in [3.8, 4) is 23.3 Å². The first kappa shape index (κ1) is 20.9. The fourth-order valence-electron chi connectivity index (χ4n) is 2.89. The number of hydrogen-bond acceptors (Lipinski definition) is 6. The van der Waals surface area contributed by atoms with Crippen LogP contribution in [0.5, 0.6) is 17.2 Å². The highest BCUT2D eigenvalue weighted by Gasteiger charge is 2.15. The molecule has 0 saturated carbocycles. The number of para-hydroxylation sites is 1. The van der Waals surface area contributed by atoms with E-state index in [1.807, 2.05) is 12.1 Å². The first-order valence-electron chi connectivity index (χ1n) is 9.42. The molecular weight excluding hydrogens is 430 g/mol. The Hall–Kier alpha value is -4.34. The zero-order valence-electron chi connectivity index (χ0n) is 16.4. The van der Waals surface area contributed by atoms with Gasteiger partial charge >= 0.3 is 5.97 Å². The molecule has 4 aromatic rings. The van der Waals surface area contributed by atoms with Gasteiger partial charge in [0.15, 0.2) is 0 Å². The Balaban J connectivity index is 1.58. The number of nitrogens with zero attached hydrogens (tertiary/aromatic N) is 1. The van der Waals surface area contributed by atoms with Crippen molar-refractivity contribution in [1.29, 1.82) is 5.26 Å². The first-order valence-corrected chi connectivity index (χ1v) is 9.80. The fraction of sp³-hybridized carbons (Fsp3) is 0. The Kier molecular flexibility index (Phi) is 6.02. The van der Waals surface area contributed by atoms with Crippen LogP contribution in [0.2, 0.25) is 5.02 Å². The van der Waals surface area contributed by atoms with Gasteiger partial charge in [-0.25, -0.2) is 4.79 Å². The Morgan fingerprint density at radius 3 is 2.50 bits per heavy atom. The van der Waals surface area contributed by atoms with Crippen LogP contribution in [0.4, 0.5) is 0 Å². The van der Waals surface area contributed by atoms with Gasteiger partial charge in [-0.15, -0.1) is 0 Å². The van der Waals surface area contributed by atoms with Crippen LogP contribution in [-0.4, -0.2) is 5.97 Å². The number of ether oxygens (including phenoxy) is 2. The zero-order valence-corrected chi connectivity index (χ0v) is 17.2. The van der Waals surface area contributed by atoms with Gasteiger partial charge in [-0.2, -0.15) is 5.26 Å². The van der Waals surface area contributed by atoms with Crippen molar-refractivity contribution in [3.63, 3.8) is 0 Å². The smallest absolute Gasteiger partial charge is 0.354 e. The lowest BCUT2D eigenvalue weighted by Gasteiger charge is -2.08. The van der Waals surface area contributed by atoms with Crippen LogP contribution in [-0.2, 0) is 4.79 Å². The Bertz CT molecular complexity index is 1430. The van der Waals surface area contributed by atoms with E-state index in [0.717, 1.165) is 6.26 Å². The molecule has 0 aliphatic heterocycles. The fourth-order valence-corrected chi connectivity index (χ4v) is 3.06. The molecule has 0 spiro atoms. The molecule has 0 fully saturated rings. The molecule has 156 valence electrons. The molecule has 0 N–H and O–H groups in total. The van der Waals surface area contributed by atoms with Gasteiger partial charge in [0.05, 0.1) is 10.4 Å². The lowest BCUT2D eigenvalue weighted by molar-refractivity contribution is -0.129. The zero-order chi connectivity index (χ0) is 22.5. The van der Waals surface area contributed by atoms with Crippen LogP contribution in [0, 0.1) is 11.3 Å². The van der Waals surface area contributed by atoms with Gasteiger partial charge in [0.2, 0.25) is 11.2 Å². The van der Waals surface area contributed by atoms with Crippen LogP contribution < -0.4 is 14.9 Å². The van der Waals surface area contributed by atoms with E-state index >= 15 is 0 Å². The molecule has 1 heterocycles. The van der Waals surface area contributed by atoms with Crippen LogP contribution in [0.1, 0.15) is 5.56 Å². The topological polar surface area (TPSA) is 89.5 Å². The highest BCUT2D eigenvalue weighted by Crippen LogP contribution is 2.29. The third kappa shape index (κ3) is 4.53. The number of carbonyl (C=O) groups is 1. The predicted molar refractivity (Wildman–Crippen MR) is 120 cm³/mol. The average Bonchev–Trinajstić information content (AvgIpc) is 2.81. The molecule has 1 aromatic heterocycles. The molecule has 0 unspecified atom stereocenters. The summed E-state index contributed by atoms with van der Waals surface area (Å²) in [6.45, 7) is 0. The largest absolute Gasteiger partial charge is 0.460 e. The van der Waals surface area contributed by atoms with Gasteiger partial charge in [-0.1, -0.05) is 54.1 Å². The van der Waals surface area contributed by atoms with E-state index in [4.69, 9.17) is 25.5 Å². The lowest BCUT2D eigenvalue weighted by Crippen LogP contribution is -2.10. The Morgan fingerprint density at radius 1 is 1.00 bits per heavy atom. The predicted octanol–water partition coefficient (Wildman–Crippen LogP) is 5.75. The van der Waals surface area contributed by atoms with Crippen molar-refractivity contribution in [2.75, 3.05) is 0 Å². The standard InChI is InChI=1S/C25H14ClNO5/c26-20-8-4-5-9-21(20)32-23-15-30-22-13-18(10-11-19(22)24(23)28)31-25(29)17(14-27)12-16-6-2-1-3-7-16/h1-13,15H/b17-12+. The minimum Gasteiger partial charge on any atom is -0.460 e. The molecule has 32 heavy (non-hydrogen) atoms. The van der Waals surface area contributed by atoms with E-state index < -0.39 is 11.4 Å². The summed E-state index contributed by atoms with van der Waals surface area (Å²) in [5, 5.41) is 9.90. The van der Waals surface area contributed by atoms with E-state index in [2.05, 4.69) is 0 Å². The molecule has 0 aliphatic rings. The van der Waals surface area contributed by atoms with Gasteiger partial charge in [-0.3, -0.25) is 4.79 Å². The second kappa shape index (κ2) is 9.21. The monoisotopic (exact) mass is 443 g/mol. The molecule has 7 heteroatoms. The number of rotatable bonds is 5. The van der Waals surface area contributed by atoms with Gasteiger partial charge in [0.1, 0.15) is 35.0 Å². The van der Waals surface area contributed by atoms with Crippen LogP contribution in [0.3, 0.4) is 0 Å². The average molecular weight is 444 g/mol. The Labute approximate surface area is 187 Å². The second-order valence-corrected chi connectivity index (χ2v) is 7.00. The maximum atomic E-state index is 12.7. The number of benzene rings is 3. The maximum absolute atomic E-state index is 12.7. The molecular formula is C25H14ClNO5. The number of carbonyl (C=O) groups excluding carboxylic acids is 1. The SMILES string of the molecule is N#C/C(=C\c1ccccc1)C(=O)Oc1ccc2c(=O)c(Oc3ccccc3Cl)coc2c1. The maximum Gasteiger partial charge on any atom is 0.354 e.